The van der Waals surface area contributed by atoms with Gasteiger partial charge < -0.3 is 5.32 Å². The Hall–Kier alpha value is -3.06. The van der Waals surface area contributed by atoms with Crippen molar-refractivity contribution >= 4 is 44.6 Å². The molecule has 0 saturated heterocycles. The van der Waals surface area contributed by atoms with Gasteiger partial charge in [0.1, 0.15) is 0 Å². The molecule has 7 heteroatoms. The van der Waals surface area contributed by atoms with E-state index in [4.69, 9.17) is 0 Å². The van der Waals surface area contributed by atoms with Crippen molar-refractivity contribution in [1.29, 1.82) is 0 Å². The lowest BCUT2D eigenvalue weighted by atomic mass is 10.1. The molecule has 0 aliphatic heterocycles. The van der Waals surface area contributed by atoms with Gasteiger partial charge in [0, 0.05) is 15.5 Å². The summed E-state index contributed by atoms with van der Waals surface area (Å²) in [4.78, 5) is 1.36. The fourth-order valence-electron chi connectivity index (χ4n) is 2.50. The Balaban J connectivity index is 1.63. The van der Waals surface area contributed by atoms with Crippen molar-refractivity contribution in [1.82, 2.24) is 20.3 Å². The lowest BCUT2D eigenvalue weighted by Crippen LogP contribution is -2.01. The van der Waals surface area contributed by atoms with Gasteiger partial charge in [-0.2, -0.15) is 5.10 Å². The van der Waals surface area contributed by atoms with Crippen LogP contribution < -0.4 is 5.32 Å². The number of aromatic nitrogens is 4. The maximum Gasteiger partial charge on any atom is 0.269 e. The highest BCUT2D eigenvalue weighted by molar-refractivity contribution is 9.10. The normalized spacial score (nSPS) is 11.2. The summed E-state index contributed by atoms with van der Waals surface area (Å²) in [5, 5.41) is 21.4. The van der Waals surface area contributed by atoms with Crippen LogP contribution in [0.5, 0.6) is 0 Å². The molecule has 122 valence electrons. The van der Waals surface area contributed by atoms with Gasteiger partial charge in [-0.3, -0.25) is 0 Å². The number of anilines is 2. The number of hydrogen-bond acceptors (Lipinski definition) is 5. The van der Waals surface area contributed by atoms with Crippen LogP contribution in [0.3, 0.4) is 0 Å². The number of fused-ring (bicyclic) bond motifs is 1. The minimum absolute atomic E-state index is 0.447. The second kappa shape index (κ2) is 6.82. The molecule has 0 radical (unpaired) electrons. The molecular formula is C18H13BrN6. The van der Waals surface area contributed by atoms with Gasteiger partial charge in [-0.15, -0.1) is 0 Å². The summed E-state index contributed by atoms with van der Waals surface area (Å²) < 4.78 is 0.988. The standard InChI is InChI=1S/C18H13BrN6/c19-15-8-3-5-13(11-15)12-20-25-18(22-23-24-25)21-17-10-4-7-14-6-1-2-9-16(14)17/h1-12H,(H,21,22,24)/b20-12+. The SMILES string of the molecule is Brc1cccc(/C=N/n2nnnc2Nc2cccc3ccccc23)c1. The van der Waals surface area contributed by atoms with Crippen LogP contribution in [-0.4, -0.2) is 26.5 Å². The smallest absolute Gasteiger partial charge is 0.269 e. The van der Waals surface area contributed by atoms with Gasteiger partial charge in [-0.05, 0) is 39.6 Å². The molecule has 0 saturated carbocycles. The van der Waals surface area contributed by atoms with Gasteiger partial charge in [0.15, 0.2) is 0 Å². The van der Waals surface area contributed by atoms with E-state index in [2.05, 4.69) is 60.1 Å². The predicted octanol–water partition coefficient (Wildman–Crippen LogP) is 4.21. The average molecular weight is 393 g/mol. The van der Waals surface area contributed by atoms with Gasteiger partial charge >= 0.3 is 0 Å². The van der Waals surface area contributed by atoms with Crippen molar-refractivity contribution in [2.75, 3.05) is 5.32 Å². The lowest BCUT2D eigenvalue weighted by molar-refractivity contribution is 0.699. The Labute approximate surface area is 152 Å². The molecule has 6 nitrogen and oxygen atoms in total. The first-order valence-corrected chi connectivity index (χ1v) is 8.42. The van der Waals surface area contributed by atoms with Crippen molar-refractivity contribution in [3.8, 4) is 0 Å². The Morgan fingerprint density at radius 2 is 1.84 bits per heavy atom. The molecule has 0 aliphatic carbocycles. The minimum atomic E-state index is 0.447. The molecular weight excluding hydrogens is 380 g/mol. The molecule has 0 fully saturated rings. The highest BCUT2D eigenvalue weighted by Crippen LogP contribution is 2.25. The van der Waals surface area contributed by atoms with Crippen molar-refractivity contribution in [3.05, 3.63) is 76.8 Å². The summed E-state index contributed by atoms with van der Waals surface area (Å²) in [5.41, 5.74) is 1.87. The van der Waals surface area contributed by atoms with Crippen molar-refractivity contribution in [2.45, 2.75) is 0 Å². The summed E-state index contributed by atoms with van der Waals surface area (Å²) in [6.45, 7) is 0. The van der Waals surface area contributed by atoms with Crippen LogP contribution in [0.4, 0.5) is 11.6 Å². The van der Waals surface area contributed by atoms with Crippen molar-refractivity contribution in [2.24, 2.45) is 5.10 Å². The number of benzene rings is 3. The Kier molecular flexibility index (Phi) is 4.22. The van der Waals surface area contributed by atoms with Crippen LogP contribution in [-0.2, 0) is 0 Å². The van der Waals surface area contributed by atoms with E-state index >= 15 is 0 Å². The molecule has 0 bridgehead atoms. The zero-order chi connectivity index (χ0) is 17.1. The van der Waals surface area contributed by atoms with Crippen LogP contribution in [0.2, 0.25) is 0 Å². The number of rotatable bonds is 4. The number of halogens is 1. The topological polar surface area (TPSA) is 68.0 Å². The molecule has 3 aromatic carbocycles. The number of nitrogens with one attached hydrogen (secondary N) is 1. The molecule has 4 aromatic rings. The molecule has 4 rings (SSSR count). The third-order valence-corrected chi connectivity index (χ3v) is 4.15. The second-order valence-corrected chi connectivity index (χ2v) is 6.26. The molecule has 0 unspecified atom stereocenters. The molecule has 1 N–H and O–H groups in total. The van der Waals surface area contributed by atoms with Gasteiger partial charge in [-0.1, -0.05) is 74.4 Å². The molecule has 1 aromatic heterocycles. The monoisotopic (exact) mass is 392 g/mol. The molecule has 1 heterocycles. The van der Waals surface area contributed by atoms with Crippen LogP contribution in [0, 0.1) is 0 Å². The van der Waals surface area contributed by atoms with E-state index in [1.54, 1.807) is 6.21 Å². The quantitative estimate of drug-likeness (QED) is 0.528. The maximum atomic E-state index is 4.33. The summed E-state index contributed by atoms with van der Waals surface area (Å²) in [6.07, 6.45) is 1.70. The van der Waals surface area contributed by atoms with Crippen LogP contribution in [0.25, 0.3) is 10.8 Å². The Bertz CT molecular complexity index is 1050. The molecule has 0 spiro atoms. The van der Waals surface area contributed by atoms with Crippen LogP contribution in [0.1, 0.15) is 5.56 Å². The van der Waals surface area contributed by atoms with Crippen molar-refractivity contribution in [3.63, 3.8) is 0 Å². The van der Waals surface area contributed by atoms with E-state index in [-0.39, 0.29) is 0 Å². The third kappa shape index (κ3) is 3.41. The van der Waals surface area contributed by atoms with E-state index in [0.29, 0.717) is 5.95 Å². The number of tetrazole rings is 1. The minimum Gasteiger partial charge on any atom is -0.321 e. The first kappa shape index (κ1) is 15.5. The second-order valence-electron chi connectivity index (χ2n) is 5.34. The van der Waals surface area contributed by atoms with E-state index in [1.807, 2.05) is 48.5 Å². The van der Waals surface area contributed by atoms with E-state index in [0.717, 1.165) is 26.5 Å². The van der Waals surface area contributed by atoms with Crippen LogP contribution >= 0.6 is 15.9 Å². The highest BCUT2D eigenvalue weighted by atomic mass is 79.9. The maximum absolute atomic E-state index is 4.33. The Morgan fingerprint density at radius 3 is 2.76 bits per heavy atom. The zero-order valence-corrected chi connectivity index (χ0v) is 14.6. The van der Waals surface area contributed by atoms with Crippen molar-refractivity contribution < 1.29 is 0 Å². The molecule has 0 atom stereocenters. The molecule has 25 heavy (non-hydrogen) atoms. The molecule has 0 amide bonds. The summed E-state index contributed by atoms with van der Waals surface area (Å²) in [6, 6.07) is 22.0. The van der Waals surface area contributed by atoms with Gasteiger partial charge in [0.05, 0.1) is 6.21 Å². The van der Waals surface area contributed by atoms with E-state index in [9.17, 15) is 0 Å². The predicted molar refractivity (Wildman–Crippen MR) is 102 cm³/mol. The fraction of sp³-hybridized carbons (Fsp3) is 0. The van der Waals surface area contributed by atoms with E-state index in [1.165, 1.54) is 4.79 Å². The summed E-state index contributed by atoms with van der Waals surface area (Å²) in [7, 11) is 0. The fourth-order valence-corrected chi connectivity index (χ4v) is 2.92. The highest BCUT2D eigenvalue weighted by Gasteiger charge is 2.07. The van der Waals surface area contributed by atoms with Crippen LogP contribution in [0.15, 0.2) is 76.3 Å². The number of nitrogens with zero attached hydrogens (tertiary/aromatic N) is 5. The Morgan fingerprint density at radius 1 is 1.00 bits per heavy atom. The van der Waals surface area contributed by atoms with E-state index < -0.39 is 0 Å². The zero-order valence-electron chi connectivity index (χ0n) is 13.0. The summed E-state index contributed by atoms with van der Waals surface area (Å²) >= 11 is 3.44. The molecule has 0 aliphatic rings. The lowest BCUT2D eigenvalue weighted by Gasteiger charge is -2.07. The average Bonchev–Trinajstić information content (AvgIpc) is 3.07. The number of hydrogen-bond donors (Lipinski definition) is 1. The largest absolute Gasteiger partial charge is 0.321 e. The third-order valence-electron chi connectivity index (χ3n) is 3.65. The van der Waals surface area contributed by atoms with Gasteiger partial charge in [0.25, 0.3) is 5.95 Å². The van der Waals surface area contributed by atoms with Gasteiger partial charge in [-0.25, -0.2) is 0 Å². The first-order valence-electron chi connectivity index (χ1n) is 7.63. The summed E-state index contributed by atoms with van der Waals surface area (Å²) in [5.74, 6) is 0.447. The van der Waals surface area contributed by atoms with Gasteiger partial charge in [0.2, 0.25) is 0 Å². The first-order chi connectivity index (χ1) is 12.3.